The number of allylic oxidation sites excluding steroid dienone is 5. The van der Waals surface area contributed by atoms with Crippen LogP contribution >= 0.6 is 7.82 Å². The van der Waals surface area contributed by atoms with Gasteiger partial charge >= 0.3 is 5.97 Å². The van der Waals surface area contributed by atoms with E-state index < -0.39 is 20.0 Å². The molecule has 80 heavy (non-hydrogen) atoms. The second-order valence-corrected chi connectivity index (χ2v) is 26.5. The van der Waals surface area contributed by atoms with Crippen molar-refractivity contribution >= 4 is 19.7 Å². The summed E-state index contributed by atoms with van der Waals surface area (Å²) in [4.78, 5) is 40.1. The van der Waals surface area contributed by atoms with Crippen molar-refractivity contribution in [3.8, 4) is 0 Å². The number of quaternary nitrogens is 1. The van der Waals surface area contributed by atoms with E-state index in [1.165, 1.54) is 250 Å². The number of likely N-dealkylation sites (N-methyl/N-ethyl adjacent to an activating group) is 1. The average Bonchev–Trinajstić information content (AvgIpc) is 3.42. The monoisotopic (exact) mass is 1150 g/mol. The Morgan fingerprint density at radius 1 is 0.438 bits per heavy atom. The van der Waals surface area contributed by atoms with Crippen molar-refractivity contribution in [1.29, 1.82) is 0 Å². The molecule has 0 aliphatic carbocycles. The summed E-state index contributed by atoms with van der Waals surface area (Å²) >= 11 is 0. The van der Waals surface area contributed by atoms with Gasteiger partial charge in [-0.2, -0.15) is 0 Å². The van der Waals surface area contributed by atoms with E-state index in [1.54, 1.807) is 0 Å². The topological polar surface area (TPSA) is 114 Å². The maximum Gasteiger partial charge on any atom is 0.306 e. The predicted molar refractivity (Wildman–Crippen MR) is 344 cm³/mol. The Kier molecular flexibility index (Phi) is 59.0. The molecule has 1 amide bonds. The molecule has 0 aliphatic heterocycles. The number of carbonyl (C=O) groups is 2. The molecule has 0 saturated heterocycles. The molecule has 0 aliphatic rings. The molecule has 0 aromatic heterocycles. The molecule has 10 heteroatoms. The van der Waals surface area contributed by atoms with Gasteiger partial charge in [-0.25, -0.2) is 0 Å². The van der Waals surface area contributed by atoms with Crippen LogP contribution in [-0.2, 0) is 27.9 Å². The van der Waals surface area contributed by atoms with Gasteiger partial charge in [0.05, 0.1) is 33.8 Å². The molecule has 0 spiro atoms. The van der Waals surface area contributed by atoms with Gasteiger partial charge in [-0.3, -0.25) is 14.2 Å². The molecular formula is C70H135N2O7P. The normalized spacial score (nSPS) is 13.7. The molecule has 0 radical (unpaired) electrons. The molecule has 0 fully saturated rings. The summed E-state index contributed by atoms with van der Waals surface area (Å²) in [6.45, 7) is 6.88. The van der Waals surface area contributed by atoms with E-state index in [4.69, 9.17) is 13.8 Å². The summed E-state index contributed by atoms with van der Waals surface area (Å²) in [5.41, 5.74) is 0. The molecule has 3 unspecified atom stereocenters. The quantitative estimate of drug-likeness (QED) is 0.0212. The smallest absolute Gasteiger partial charge is 0.306 e. The average molecular weight is 1150 g/mol. The Bertz CT molecular complexity index is 1460. The van der Waals surface area contributed by atoms with Gasteiger partial charge in [0.2, 0.25) is 5.91 Å². The number of nitrogens with zero attached hydrogens (tertiary/aromatic N) is 1. The van der Waals surface area contributed by atoms with E-state index in [-0.39, 0.29) is 31.5 Å². The van der Waals surface area contributed by atoms with Crippen molar-refractivity contribution in [2.75, 3.05) is 40.9 Å². The Balaban J connectivity index is 5.06. The molecule has 1 N–H and O–H groups in total. The fourth-order valence-corrected chi connectivity index (χ4v) is 11.2. The van der Waals surface area contributed by atoms with Crippen molar-refractivity contribution in [1.82, 2.24) is 5.32 Å². The summed E-state index contributed by atoms with van der Waals surface area (Å²) in [6.07, 6.45) is 74.0. The maximum absolute atomic E-state index is 13.6. The highest BCUT2D eigenvalue weighted by Crippen LogP contribution is 2.38. The third kappa shape index (κ3) is 60.8. The van der Waals surface area contributed by atoms with Crippen LogP contribution in [0.25, 0.3) is 0 Å². The Hall–Kier alpha value is -1.77. The summed E-state index contributed by atoms with van der Waals surface area (Å²) in [6, 6.07) is -0.884. The number of hydrogen-bond donors (Lipinski definition) is 1. The van der Waals surface area contributed by atoms with Crippen molar-refractivity contribution in [2.45, 2.75) is 360 Å². The number of rotatable bonds is 64. The summed E-state index contributed by atoms with van der Waals surface area (Å²) in [7, 11) is 1.20. The first kappa shape index (κ1) is 78.2. The maximum atomic E-state index is 13.6. The standard InChI is InChI=1S/C70H135N2O7P/c1-7-10-13-16-19-22-25-28-30-32-33-34-35-36-37-38-39-40-42-45-48-51-54-57-60-63-70(74)79-68(61-58-55-52-49-46-43-27-24-21-18-15-12-9-3)67(66-78-80(75,76)77-65-64-72(4,5)6)71-69(73)62-59-56-53-50-47-44-41-31-29-26-23-20-17-14-11-8-2/h19,22,28,30,58,61,67-68H,7-18,20-21,23-27,29,31-57,59-60,62-66H2,1-6H3,(H-,71,73,75,76)/b22-19-,30-28-,61-58+. The van der Waals surface area contributed by atoms with Crippen LogP contribution in [0.3, 0.4) is 0 Å². The molecule has 0 heterocycles. The number of amides is 1. The molecule has 0 saturated carbocycles. The van der Waals surface area contributed by atoms with E-state index >= 15 is 0 Å². The third-order valence-corrected chi connectivity index (χ3v) is 16.8. The number of ether oxygens (including phenoxy) is 1. The van der Waals surface area contributed by atoms with Crippen LogP contribution in [0.4, 0.5) is 0 Å². The lowest BCUT2D eigenvalue weighted by atomic mass is 10.0. The fraction of sp³-hybridized carbons (Fsp3) is 0.886. The van der Waals surface area contributed by atoms with Gasteiger partial charge in [0.1, 0.15) is 19.3 Å². The molecule has 0 rings (SSSR count). The SMILES string of the molecule is CCCCC/C=C\C/C=C\CCCCCCCCCCCCCCCCCC(=O)OC(/C=C/CCCCCCCCCCCCC)C(COP(=O)([O-])OCC[N+](C)(C)C)NC(=O)CCCCCCCCCCCCCCCCCC. The zero-order valence-electron chi connectivity index (χ0n) is 54.1. The van der Waals surface area contributed by atoms with Crippen LogP contribution in [0.1, 0.15) is 348 Å². The number of esters is 1. The van der Waals surface area contributed by atoms with Crippen LogP contribution in [0, 0.1) is 0 Å². The lowest BCUT2D eigenvalue weighted by Gasteiger charge is -2.30. The number of carbonyl (C=O) groups excluding carboxylic acids is 2. The lowest BCUT2D eigenvalue weighted by Crippen LogP contribution is -2.47. The van der Waals surface area contributed by atoms with Gasteiger partial charge in [0.25, 0.3) is 7.82 Å². The predicted octanol–water partition coefficient (Wildman–Crippen LogP) is 21.2. The number of phosphoric acid groups is 1. The highest BCUT2D eigenvalue weighted by atomic mass is 31.2. The fourth-order valence-electron chi connectivity index (χ4n) is 10.4. The number of hydrogen-bond acceptors (Lipinski definition) is 7. The number of unbranched alkanes of at least 4 members (excludes halogenated alkanes) is 44. The zero-order valence-corrected chi connectivity index (χ0v) is 54.9. The van der Waals surface area contributed by atoms with Crippen molar-refractivity contribution in [3.05, 3.63) is 36.5 Å². The first-order chi connectivity index (χ1) is 38.9. The molecule has 0 bridgehead atoms. The minimum atomic E-state index is -4.70. The van der Waals surface area contributed by atoms with Crippen molar-refractivity contribution in [2.24, 2.45) is 0 Å². The largest absolute Gasteiger partial charge is 0.756 e. The van der Waals surface area contributed by atoms with Crippen molar-refractivity contribution < 1.29 is 37.3 Å². The van der Waals surface area contributed by atoms with Crippen LogP contribution < -0.4 is 10.2 Å². The summed E-state index contributed by atoms with van der Waals surface area (Å²) in [5.74, 6) is -0.521. The summed E-state index contributed by atoms with van der Waals surface area (Å²) < 4.78 is 30.4. The molecule has 3 atom stereocenters. The molecule has 472 valence electrons. The first-order valence-electron chi connectivity index (χ1n) is 34.8. The highest BCUT2D eigenvalue weighted by molar-refractivity contribution is 7.45. The van der Waals surface area contributed by atoms with Crippen molar-refractivity contribution in [3.63, 3.8) is 0 Å². The van der Waals surface area contributed by atoms with Gasteiger partial charge in [-0.1, -0.05) is 308 Å². The highest BCUT2D eigenvalue weighted by Gasteiger charge is 2.27. The van der Waals surface area contributed by atoms with Crippen LogP contribution in [0.2, 0.25) is 0 Å². The second kappa shape index (κ2) is 60.4. The van der Waals surface area contributed by atoms with Crippen LogP contribution in [0.5, 0.6) is 0 Å². The minimum absolute atomic E-state index is 0.0188. The molecule has 9 nitrogen and oxygen atoms in total. The van der Waals surface area contributed by atoms with Crippen LogP contribution in [0.15, 0.2) is 36.5 Å². The van der Waals surface area contributed by atoms with E-state index in [1.807, 2.05) is 33.3 Å². The van der Waals surface area contributed by atoms with Crippen LogP contribution in [-0.4, -0.2) is 69.4 Å². The molecular weight excluding hydrogens is 1010 g/mol. The number of nitrogens with one attached hydrogen (secondary N) is 1. The van der Waals surface area contributed by atoms with Gasteiger partial charge in [0.15, 0.2) is 0 Å². The molecule has 0 aromatic carbocycles. The third-order valence-electron chi connectivity index (χ3n) is 15.8. The minimum Gasteiger partial charge on any atom is -0.756 e. The van der Waals surface area contributed by atoms with E-state index in [9.17, 15) is 19.0 Å². The lowest BCUT2D eigenvalue weighted by molar-refractivity contribution is -0.870. The van der Waals surface area contributed by atoms with Gasteiger partial charge in [-0.05, 0) is 63.9 Å². The van der Waals surface area contributed by atoms with E-state index in [0.29, 0.717) is 17.4 Å². The number of phosphoric ester groups is 1. The van der Waals surface area contributed by atoms with Gasteiger partial charge in [0, 0.05) is 12.8 Å². The van der Waals surface area contributed by atoms with Gasteiger partial charge in [-0.15, -0.1) is 0 Å². The van der Waals surface area contributed by atoms with E-state index in [0.717, 1.165) is 64.2 Å². The Morgan fingerprint density at radius 3 is 1.15 bits per heavy atom. The zero-order chi connectivity index (χ0) is 58.6. The second-order valence-electron chi connectivity index (χ2n) is 25.0. The summed E-state index contributed by atoms with van der Waals surface area (Å²) in [5, 5.41) is 3.05. The van der Waals surface area contributed by atoms with E-state index in [2.05, 4.69) is 50.4 Å². The van der Waals surface area contributed by atoms with Gasteiger partial charge < -0.3 is 28.5 Å². The molecule has 0 aromatic rings. The first-order valence-corrected chi connectivity index (χ1v) is 36.3. The Labute approximate surface area is 497 Å². The Morgan fingerprint density at radius 2 is 0.762 bits per heavy atom.